The maximum absolute atomic E-state index is 11.8. The zero-order valence-corrected chi connectivity index (χ0v) is 8.99. The molecule has 0 aliphatic heterocycles. The molecule has 6 heteroatoms. The second-order valence-electron chi connectivity index (χ2n) is 3.73. The molecule has 82 valence electrons. The Morgan fingerprint density at radius 3 is 2.47 bits per heavy atom. The van der Waals surface area contributed by atoms with Gasteiger partial charge in [0, 0.05) is 12.4 Å². The van der Waals surface area contributed by atoms with Crippen LogP contribution in [0.4, 0.5) is 0 Å². The first-order valence-electron chi connectivity index (χ1n) is 4.59. The fourth-order valence-corrected chi connectivity index (χ4v) is 3.07. The molecule has 15 heavy (non-hydrogen) atoms. The summed E-state index contributed by atoms with van der Waals surface area (Å²) in [6, 6.07) is 0. The normalized spacial score (nSPS) is 16.6. The molecule has 0 saturated heterocycles. The third-order valence-corrected chi connectivity index (χ3v) is 4.58. The number of hydrogen-bond donors (Lipinski definition) is 1. The zero-order valence-electron chi connectivity index (χ0n) is 8.17. The molecule has 1 aliphatic rings. The fourth-order valence-electron chi connectivity index (χ4n) is 1.44. The van der Waals surface area contributed by atoms with Gasteiger partial charge in [-0.1, -0.05) is 0 Å². The van der Waals surface area contributed by atoms with Crippen LogP contribution >= 0.6 is 0 Å². The highest BCUT2D eigenvalue weighted by atomic mass is 32.2. The maximum atomic E-state index is 11.8. The molecule has 0 unspecified atom stereocenters. The van der Waals surface area contributed by atoms with E-state index in [1.54, 1.807) is 6.92 Å². The molecular formula is C9H11NO4S. The highest BCUT2D eigenvalue weighted by molar-refractivity contribution is 7.90. The summed E-state index contributed by atoms with van der Waals surface area (Å²) in [6.45, 7) is 1.59. The van der Waals surface area contributed by atoms with Gasteiger partial charge in [-0.25, -0.2) is 13.2 Å². The van der Waals surface area contributed by atoms with E-state index in [1.807, 2.05) is 0 Å². The first kappa shape index (κ1) is 10.2. The number of aromatic carboxylic acids is 1. The van der Waals surface area contributed by atoms with Gasteiger partial charge in [0.15, 0.2) is 0 Å². The summed E-state index contributed by atoms with van der Waals surface area (Å²) in [6.07, 6.45) is 3.87. The van der Waals surface area contributed by atoms with Crippen LogP contribution in [0.15, 0.2) is 12.4 Å². The number of carbonyl (C=O) groups is 1. The number of carboxylic acid groups (broad SMARTS) is 1. The van der Waals surface area contributed by atoms with Crippen molar-refractivity contribution in [1.29, 1.82) is 0 Å². The predicted octanol–water partition coefficient (Wildman–Crippen LogP) is 0.835. The van der Waals surface area contributed by atoms with Crippen molar-refractivity contribution in [3.63, 3.8) is 0 Å². The summed E-state index contributed by atoms with van der Waals surface area (Å²) in [5, 5.41) is 8.46. The Labute approximate surface area is 87.4 Å². The lowest BCUT2D eigenvalue weighted by Gasteiger charge is -2.01. The molecule has 0 radical (unpaired) electrons. The minimum Gasteiger partial charge on any atom is -0.478 e. The summed E-state index contributed by atoms with van der Waals surface area (Å²) in [4.78, 5) is 10.7. The largest absolute Gasteiger partial charge is 0.478 e. The van der Waals surface area contributed by atoms with E-state index in [2.05, 4.69) is 0 Å². The van der Waals surface area contributed by atoms with Crippen molar-refractivity contribution in [3.05, 3.63) is 23.5 Å². The van der Waals surface area contributed by atoms with Crippen LogP contribution in [0.3, 0.4) is 0 Å². The Hall–Kier alpha value is -1.30. The highest BCUT2D eigenvalue weighted by Gasteiger charge is 2.37. The quantitative estimate of drug-likeness (QED) is 0.833. The molecule has 1 aromatic rings. The Balaban J connectivity index is 2.46. The second kappa shape index (κ2) is 3.10. The van der Waals surface area contributed by atoms with Gasteiger partial charge in [0.1, 0.15) is 0 Å². The predicted molar refractivity (Wildman–Crippen MR) is 53.5 cm³/mol. The van der Waals surface area contributed by atoms with Gasteiger partial charge in [-0.05, 0) is 25.3 Å². The lowest BCUT2D eigenvalue weighted by atomic mass is 10.2. The average Bonchev–Trinajstić information content (AvgIpc) is 2.89. The lowest BCUT2D eigenvalue weighted by molar-refractivity contribution is 0.0696. The van der Waals surface area contributed by atoms with E-state index >= 15 is 0 Å². The second-order valence-corrected chi connectivity index (χ2v) is 5.85. The number of aryl methyl sites for hydroxylation is 1. The zero-order chi connectivity index (χ0) is 11.2. The molecule has 1 saturated carbocycles. The van der Waals surface area contributed by atoms with Crippen molar-refractivity contribution in [1.82, 2.24) is 3.97 Å². The van der Waals surface area contributed by atoms with Crippen LogP contribution in [0.5, 0.6) is 0 Å². The van der Waals surface area contributed by atoms with E-state index in [4.69, 9.17) is 5.11 Å². The van der Waals surface area contributed by atoms with Crippen LogP contribution in [0.2, 0.25) is 0 Å². The maximum Gasteiger partial charge on any atom is 0.337 e. The fraction of sp³-hybridized carbons (Fsp3) is 0.444. The molecule has 0 spiro atoms. The number of aromatic nitrogens is 1. The van der Waals surface area contributed by atoms with E-state index < -0.39 is 16.0 Å². The van der Waals surface area contributed by atoms with Crippen LogP contribution in [0.25, 0.3) is 0 Å². The van der Waals surface area contributed by atoms with Crippen molar-refractivity contribution in [3.8, 4) is 0 Å². The van der Waals surface area contributed by atoms with Gasteiger partial charge in [0.05, 0.1) is 10.8 Å². The van der Waals surface area contributed by atoms with Crippen LogP contribution < -0.4 is 0 Å². The van der Waals surface area contributed by atoms with Crippen molar-refractivity contribution in [2.75, 3.05) is 0 Å². The molecule has 1 aromatic heterocycles. The minimum absolute atomic E-state index is 0.0409. The molecule has 1 N–H and O–H groups in total. The van der Waals surface area contributed by atoms with E-state index in [0.29, 0.717) is 18.4 Å². The van der Waals surface area contributed by atoms with Gasteiger partial charge in [-0.2, -0.15) is 0 Å². The van der Waals surface area contributed by atoms with E-state index in [9.17, 15) is 13.2 Å². The van der Waals surface area contributed by atoms with Gasteiger partial charge in [-0.15, -0.1) is 0 Å². The molecule has 1 fully saturated rings. The average molecular weight is 229 g/mol. The van der Waals surface area contributed by atoms with Crippen molar-refractivity contribution in [2.24, 2.45) is 0 Å². The molecule has 1 aliphatic carbocycles. The highest BCUT2D eigenvalue weighted by Crippen LogP contribution is 2.30. The Kier molecular flexibility index (Phi) is 2.11. The number of nitrogens with zero attached hydrogens (tertiary/aromatic N) is 1. The summed E-state index contributed by atoms with van der Waals surface area (Å²) in [5.41, 5.74) is 0.506. The smallest absolute Gasteiger partial charge is 0.337 e. The SMILES string of the molecule is Cc1cn(S(=O)(=O)C2CC2)cc1C(=O)O. The number of hydrogen-bond acceptors (Lipinski definition) is 3. The van der Waals surface area contributed by atoms with Gasteiger partial charge >= 0.3 is 5.97 Å². The third kappa shape index (κ3) is 1.65. The molecule has 2 rings (SSSR count). The van der Waals surface area contributed by atoms with Crippen molar-refractivity contribution >= 4 is 16.0 Å². The Morgan fingerprint density at radius 1 is 1.47 bits per heavy atom. The summed E-state index contributed by atoms with van der Waals surface area (Å²) in [5.74, 6) is -1.10. The monoisotopic (exact) mass is 229 g/mol. The van der Waals surface area contributed by atoms with Gasteiger partial charge < -0.3 is 5.11 Å². The van der Waals surface area contributed by atoms with E-state index in [0.717, 1.165) is 3.97 Å². The van der Waals surface area contributed by atoms with Crippen LogP contribution in [0.1, 0.15) is 28.8 Å². The van der Waals surface area contributed by atoms with Crippen molar-refractivity contribution in [2.45, 2.75) is 25.0 Å². The number of rotatable bonds is 3. The minimum atomic E-state index is -3.35. The summed E-state index contributed by atoms with van der Waals surface area (Å²) >= 11 is 0. The molecular weight excluding hydrogens is 218 g/mol. The molecule has 0 atom stereocenters. The summed E-state index contributed by atoms with van der Waals surface area (Å²) in [7, 11) is -3.35. The third-order valence-electron chi connectivity index (χ3n) is 2.47. The topological polar surface area (TPSA) is 76.4 Å². The first-order chi connectivity index (χ1) is 6.93. The van der Waals surface area contributed by atoms with E-state index in [-0.39, 0.29) is 10.8 Å². The Bertz CT molecular complexity index is 510. The van der Waals surface area contributed by atoms with Crippen LogP contribution in [-0.4, -0.2) is 28.7 Å². The molecule has 0 bridgehead atoms. The van der Waals surface area contributed by atoms with Crippen molar-refractivity contribution < 1.29 is 18.3 Å². The van der Waals surface area contributed by atoms with E-state index in [1.165, 1.54) is 12.4 Å². The number of carboxylic acids is 1. The van der Waals surface area contributed by atoms with Crippen LogP contribution in [-0.2, 0) is 10.0 Å². The lowest BCUT2D eigenvalue weighted by Crippen LogP contribution is -2.15. The van der Waals surface area contributed by atoms with Gasteiger partial charge in [0.2, 0.25) is 10.0 Å². The van der Waals surface area contributed by atoms with Gasteiger partial charge in [0.25, 0.3) is 0 Å². The molecule has 1 heterocycles. The molecule has 0 aromatic carbocycles. The molecule has 5 nitrogen and oxygen atoms in total. The summed E-state index contributed by atoms with van der Waals surface area (Å²) < 4.78 is 24.5. The molecule has 0 amide bonds. The van der Waals surface area contributed by atoms with Gasteiger partial charge in [-0.3, -0.25) is 3.97 Å². The Morgan fingerprint density at radius 2 is 2.07 bits per heavy atom. The van der Waals surface area contributed by atoms with Crippen LogP contribution in [0, 0.1) is 6.92 Å². The standard InChI is InChI=1S/C9H11NO4S/c1-6-4-10(5-8(6)9(11)12)15(13,14)7-2-3-7/h4-5,7H,2-3H2,1H3,(H,11,12). The first-order valence-corrected chi connectivity index (χ1v) is 6.09.